The number of imidazole rings is 1. The van der Waals surface area contributed by atoms with E-state index in [0.717, 1.165) is 33.9 Å². The molecule has 7 nitrogen and oxygen atoms in total. The van der Waals surface area contributed by atoms with Crippen LogP contribution in [-0.2, 0) is 6.54 Å². The zero-order chi connectivity index (χ0) is 20.9. The molecule has 0 bridgehead atoms. The summed E-state index contributed by atoms with van der Waals surface area (Å²) in [5.74, 6) is 0.719. The first-order valence-corrected chi connectivity index (χ1v) is 9.88. The van der Waals surface area contributed by atoms with E-state index in [1.54, 1.807) is 12.5 Å². The smallest absolute Gasteiger partial charge is 0.119 e. The maximum absolute atomic E-state index is 10.4. The average molecular weight is 403 g/mol. The minimum absolute atomic E-state index is 0.219. The largest absolute Gasteiger partial charge is 0.491 e. The van der Waals surface area contributed by atoms with Crippen LogP contribution >= 0.6 is 0 Å². The number of ether oxygens (including phenoxy) is 1. The lowest BCUT2D eigenvalue weighted by Crippen LogP contribution is -2.33. The minimum atomic E-state index is -0.614. The first-order chi connectivity index (χ1) is 14.6. The number of hydrogen-bond donors (Lipinski definition) is 1. The molecule has 0 fully saturated rings. The molecule has 2 aromatic carbocycles. The third-order valence-corrected chi connectivity index (χ3v) is 4.87. The second-order valence-corrected chi connectivity index (χ2v) is 7.37. The summed E-state index contributed by atoms with van der Waals surface area (Å²) < 4.78 is 7.66. The number of para-hydroxylation sites is 2. The summed E-state index contributed by atoms with van der Waals surface area (Å²) in [5, 5.41) is 10.4. The number of hydrogen-bond acceptors (Lipinski definition) is 6. The summed E-state index contributed by atoms with van der Waals surface area (Å²) in [7, 11) is 1.96. The van der Waals surface area contributed by atoms with E-state index in [0.29, 0.717) is 13.1 Å². The fourth-order valence-corrected chi connectivity index (χ4v) is 3.33. The Morgan fingerprint density at radius 2 is 1.80 bits per heavy atom. The van der Waals surface area contributed by atoms with Crippen LogP contribution in [0.15, 0.2) is 67.3 Å². The Morgan fingerprint density at radius 3 is 2.50 bits per heavy atom. The molecule has 154 valence electrons. The SMILES string of the molecule is Cc1nc2ccccc2nc1CN(C)CC(O)COc1ccc(-n2ccnc2)cc1. The zero-order valence-electron chi connectivity index (χ0n) is 17.1. The number of rotatable bonds is 8. The van der Waals surface area contributed by atoms with Crippen molar-refractivity contribution in [1.82, 2.24) is 24.4 Å². The standard InChI is InChI=1S/C23H25N5O2/c1-17-23(26-22-6-4-3-5-21(22)25-17)14-27(2)13-19(29)15-30-20-9-7-18(8-10-20)28-12-11-24-16-28/h3-12,16,19,29H,13-15H2,1-2H3. The van der Waals surface area contributed by atoms with Crippen LogP contribution in [-0.4, -0.2) is 55.8 Å². The molecular weight excluding hydrogens is 378 g/mol. The average Bonchev–Trinajstić information content (AvgIpc) is 3.28. The van der Waals surface area contributed by atoms with E-state index in [9.17, 15) is 5.11 Å². The Balaban J connectivity index is 1.29. The number of benzene rings is 2. The number of aliphatic hydroxyl groups excluding tert-OH is 1. The van der Waals surface area contributed by atoms with E-state index in [1.165, 1.54) is 0 Å². The molecule has 0 aliphatic rings. The molecule has 0 spiro atoms. The highest BCUT2D eigenvalue weighted by molar-refractivity contribution is 5.74. The molecule has 1 N–H and O–H groups in total. The molecule has 4 rings (SSSR count). The molecule has 2 aromatic heterocycles. The van der Waals surface area contributed by atoms with Crippen LogP contribution in [0.4, 0.5) is 0 Å². The molecule has 0 aliphatic heterocycles. The summed E-state index contributed by atoms with van der Waals surface area (Å²) in [5.41, 5.74) is 4.61. The van der Waals surface area contributed by atoms with Crippen molar-refractivity contribution in [2.75, 3.05) is 20.2 Å². The number of aliphatic hydroxyl groups is 1. The molecule has 30 heavy (non-hydrogen) atoms. The number of aromatic nitrogens is 4. The predicted octanol–water partition coefficient (Wildman–Crippen LogP) is 3.00. The lowest BCUT2D eigenvalue weighted by molar-refractivity contribution is 0.0740. The van der Waals surface area contributed by atoms with Crippen LogP contribution in [0, 0.1) is 6.92 Å². The molecule has 2 heterocycles. The number of nitrogens with zero attached hydrogens (tertiary/aromatic N) is 5. The molecule has 1 unspecified atom stereocenters. The highest BCUT2D eigenvalue weighted by Crippen LogP contribution is 2.16. The highest BCUT2D eigenvalue weighted by Gasteiger charge is 2.13. The zero-order valence-corrected chi connectivity index (χ0v) is 17.1. The quantitative estimate of drug-likeness (QED) is 0.487. The highest BCUT2D eigenvalue weighted by atomic mass is 16.5. The minimum Gasteiger partial charge on any atom is -0.491 e. The first kappa shape index (κ1) is 20.0. The van der Waals surface area contributed by atoms with E-state index in [1.807, 2.05) is 78.2 Å². The molecule has 0 amide bonds. The Labute approximate surface area is 175 Å². The van der Waals surface area contributed by atoms with Crippen LogP contribution < -0.4 is 4.74 Å². The van der Waals surface area contributed by atoms with Crippen molar-refractivity contribution >= 4 is 11.0 Å². The van der Waals surface area contributed by atoms with E-state index < -0.39 is 6.10 Å². The number of fused-ring (bicyclic) bond motifs is 1. The molecular formula is C23H25N5O2. The van der Waals surface area contributed by atoms with Gasteiger partial charge in [-0.2, -0.15) is 0 Å². The van der Waals surface area contributed by atoms with Crippen LogP contribution in [0.5, 0.6) is 5.75 Å². The lowest BCUT2D eigenvalue weighted by Gasteiger charge is -2.21. The Morgan fingerprint density at radius 1 is 1.07 bits per heavy atom. The molecule has 7 heteroatoms. The van der Waals surface area contributed by atoms with Gasteiger partial charge in [-0.3, -0.25) is 4.90 Å². The van der Waals surface area contributed by atoms with Gasteiger partial charge in [0.25, 0.3) is 0 Å². The summed E-state index contributed by atoms with van der Waals surface area (Å²) in [6.45, 7) is 3.27. The van der Waals surface area contributed by atoms with Crippen LogP contribution in [0.3, 0.4) is 0 Å². The topological polar surface area (TPSA) is 76.3 Å². The van der Waals surface area contributed by atoms with Crippen LogP contribution in [0.2, 0.25) is 0 Å². The normalized spacial score (nSPS) is 12.4. The summed E-state index contributed by atoms with van der Waals surface area (Å²) in [6, 6.07) is 15.5. The van der Waals surface area contributed by atoms with Gasteiger partial charge in [0.2, 0.25) is 0 Å². The van der Waals surface area contributed by atoms with Gasteiger partial charge in [-0.05, 0) is 50.4 Å². The Kier molecular flexibility index (Phi) is 6.02. The molecule has 4 aromatic rings. The maximum Gasteiger partial charge on any atom is 0.119 e. The molecule has 1 atom stereocenters. The van der Waals surface area contributed by atoms with Crippen molar-refractivity contribution in [2.45, 2.75) is 19.6 Å². The van der Waals surface area contributed by atoms with Crippen molar-refractivity contribution < 1.29 is 9.84 Å². The van der Waals surface area contributed by atoms with Gasteiger partial charge in [-0.15, -0.1) is 0 Å². The fourth-order valence-electron chi connectivity index (χ4n) is 3.33. The number of aryl methyl sites for hydroxylation is 1. The maximum atomic E-state index is 10.4. The van der Waals surface area contributed by atoms with Gasteiger partial charge >= 0.3 is 0 Å². The van der Waals surface area contributed by atoms with E-state index in [2.05, 4.69) is 9.97 Å². The van der Waals surface area contributed by atoms with Crippen LogP contribution in [0.25, 0.3) is 16.7 Å². The predicted molar refractivity (Wildman–Crippen MR) is 116 cm³/mol. The first-order valence-electron chi connectivity index (χ1n) is 9.88. The van der Waals surface area contributed by atoms with Gasteiger partial charge in [0.05, 0.1) is 28.7 Å². The van der Waals surface area contributed by atoms with Crippen molar-refractivity contribution in [3.8, 4) is 11.4 Å². The van der Waals surface area contributed by atoms with Gasteiger partial charge in [0.1, 0.15) is 18.5 Å². The lowest BCUT2D eigenvalue weighted by atomic mass is 10.2. The van der Waals surface area contributed by atoms with Crippen molar-refractivity contribution in [3.05, 3.63) is 78.6 Å². The fraction of sp³-hybridized carbons (Fsp3) is 0.261. The second kappa shape index (κ2) is 9.02. The molecule has 0 saturated carbocycles. The van der Waals surface area contributed by atoms with E-state index in [4.69, 9.17) is 9.72 Å². The van der Waals surface area contributed by atoms with Gasteiger partial charge in [0, 0.05) is 31.2 Å². The van der Waals surface area contributed by atoms with E-state index >= 15 is 0 Å². The van der Waals surface area contributed by atoms with Crippen molar-refractivity contribution in [3.63, 3.8) is 0 Å². The monoisotopic (exact) mass is 403 g/mol. The molecule has 0 saturated heterocycles. The van der Waals surface area contributed by atoms with Crippen LogP contribution in [0.1, 0.15) is 11.4 Å². The van der Waals surface area contributed by atoms with Gasteiger partial charge < -0.3 is 14.4 Å². The van der Waals surface area contributed by atoms with Crippen molar-refractivity contribution in [1.29, 1.82) is 0 Å². The number of likely N-dealkylation sites (N-methyl/N-ethyl adjacent to an activating group) is 1. The third-order valence-electron chi connectivity index (χ3n) is 4.87. The van der Waals surface area contributed by atoms with Gasteiger partial charge in [-0.25, -0.2) is 15.0 Å². The molecule has 0 radical (unpaired) electrons. The summed E-state index contributed by atoms with van der Waals surface area (Å²) in [4.78, 5) is 15.4. The Bertz CT molecular complexity index is 1100. The molecule has 0 aliphatic carbocycles. The van der Waals surface area contributed by atoms with Crippen molar-refractivity contribution in [2.24, 2.45) is 0 Å². The Hall–Kier alpha value is -3.29. The van der Waals surface area contributed by atoms with E-state index in [-0.39, 0.29) is 6.61 Å². The second-order valence-electron chi connectivity index (χ2n) is 7.37. The summed E-state index contributed by atoms with van der Waals surface area (Å²) >= 11 is 0. The van der Waals surface area contributed by atoms with Gasteiger partial charge in [-0.1, -0.05) is 12.1 Å². The third kappa shape index (κ3) is 4.82. The summed E-state index contributed by atoms with van der Waals surface area (Å²) in [6.07, 6.45) is 4.76. The van der Waals surface area contributed by atoms with Gasteiger partial charge in [0.15, 0.2) is 0 Å².